The lowest BCUT2D eigenvalue weighted by molar-refractivity contribution is -0.134. The molecule has 4 rings (SSSR count). The fourth-order valence-electron chi connectivity index (χ4n) is 4.05. The number of benzene rings is 1. The number of carbonyl (C=O) groups excluding carboxylic acids is 1. The van der Waals surface area contributed by atoms with Gasteiger partial charge >= 0.3 is 0 Å². The lowest BCUT2D eigenvalue weighted by Gasteiger charge is -2.44. The Labute approximate surface area is 140 Å². The molecule has 1 amide bonds. The molecule has 0 radical (unpaired) electrons. The number of hydrogen-bond donors (Lipinski definition) is 0. The first-order chi connectivity index (χ1) is 11.3. The first-order valence-electron chi connectivity index (χ1n) is 8.59. The number of nitrogens with zero attached hydrogens (tertiary/aromatic N) is 2. The summed E-state index contributed by atoms with van der Waals surface area (Å²) in [5, 5.41) is 0.594. The summed E-state index contributed by atoms with van der Waals surface area (Å²) in [5.41, 5.74) is 1.64. The lowest BCUT2D eigenvalue weighted by atomic mass is 9.78. The van der Waals surface area contributed by atoms with E-state index in [1.54, 1.807) is 0 Å². The predicted octanol–water partition coefficient (Wildman–Crippen LogP) is 4.10. The molecule has 1 aliphatic carbocycles. The van der Waals surface area contributed by atoms with Crippen LogP contribution in [0.25, 0.3) is 11.1 Å². The number of amides is 1. The van der Waals surface area contributed by atoms with E-state index in [9.17, 15) is 4.79 Å². The number of piperidine rings is 1. The number of fused-ring (bicyclic) bond motifs is 2. The van der Waals surface area contributed by atoms with Gasteiger partial charge in [0, 0.05) is 12.6 Å². The molecule has 1 saturated heterocycles. The van der Waals surface area contributed by atoms with Crippen LogP contribution in [-0.4, -0.2) is 34.1 Å². The Bertz CT molecular complexity index is 664. The van der Waals surface area contributed by atoms with Gasteiger partial charge in [0.1, 0.15) is 5.52 Å². The van der Waals surface area contributed by atoms with Crippen molar-refractivity contribution in [1.82, 2.24) is 9.88 Å². The number of hydrogen-bond acceptors (Lipinski definition) is 4. The van der Waals surface area contributed by atoms with Crippen molar-refractivity contribution in [3.05, 3.63) is 24.3 Å². The first kappa shape index (κ1) is 15.1. The highest BCUT2D eigenvalue weighted by atomic mass is 32.2. The third kappa shape index (κ3) is 3.11. The minimum absolute atomic E-state index is 0.244. The molecule has 2 aliphatic rings. The van der Waals surface area contributed by atoms with Gasteiger partial charge in [-0.25, -0.2) is 4.98 Å². The molecule has 0 spiro atoms. The maximum Gasteiger partial charge on any atom is 0.257 e. The van der Waals surface area contributed by atoms with Crippen LogP contribution in [0.5, 0.6) is 0 Å². The smallest absolute Gasteiger partial charge is 0.257 e. The highest BCUT2D eigenvalue weighted by Gasteiger charge is 2.35. The summed E-state index contributed by atoms with van der Waals surface area (Å²) >= 11 is 1.42. The summed E-state index contributed by atoms with van der Waals surface area (Å²) in [6.45, 7) is 0.925. The van der Waals surface area contributed by atoms with Gasteiger partial charge in [-0.3, -0.25) is 4.79 Å². The number of likely N-dealkylation sites (tertiary alicyclic amines) is 1. The Morgan fingerprint density at radius 1 is 1.22 bits per heavy atom. The molecular formula is C18H22N2O2S. The second-order valence-corrected chi connectivity index (χ2v) is 7.50. The third-order valence-corrected chi connectivity index (χ3v) is 5.97. The normalized spacial score (nSPS) is 24.6. The Balaban J connectivity index is 1.40. The highest BCUT2D eigenvalue weighted by molar-refractivity contribution is 7.99. The van der Waals surface area contributed by atoms with Crippen LogP contribution in [-0.2, 0) is 4.79 Å². The van der Waals surface area contributed by atoms with E-state index >= 15 is 0 Å². The molecule has 1 aromatic carbocycles. The average molecular weight is 330 g/mol. The summed E-state index contributed by atoms with van der Waals surface area (Å²) < 4.78 is 5.69. The Morgan fingerprint density at radius 2 is 2.04 bits per heavy atom. The molecule has 1 saturated carbocycles. The molecule has 2 fully saturated rings. The maximum atomic E-state index is 12.7. The zero-order chi connectivity index (χ0) is 15.6. The van der Waals surface area contributed by atoms with Gasteiger partial charge in [-0.2, -0.15) is 0 Å². The van der Waals surface area contributed by atoms with Crippen molar-refractivity contribution in [3.63, 3.8) is 0 Å². The van der Waals surface area contributed by atoms with E-state index in [4.69, 9.17) is 4.42 Å². The summed E-state index contributed by atoms with van der Waals surface area (Å²) in [5.74, 6) is 1.40. The molecular weight excluding hydrogens is 308 g/mol. The maximum absolute atomic E-state index is 12.7. The van der Waals surface area contributed by atoms with Gasteiger partial charge in [-0.15, -0.1) is 0 Å². The van der Waals surface area contributed by atoms with Gasteiger partial charge in [0.2, 0.25) is 5.91 Å². The van der Waals surface area contributed by atoms with E-state index in [1.165, 1.54) is 43.9 Å². The standard InChI is InChI=1S/C18H22N2O2S/c21-17(20-11-5-7-13-6-1-3-9-15(13)20)12-23-18-19-14-8-2-4-10-16(14)22-18/h2,4,8,10,13,15H,1,3,5-7,9,11-12H2/t13-,15+/m0/s1. The van der Waals surface area contributed by atoms with Gasteiger partial charge in [-0.05, 0) is 43.7 Å². The molecule has 122 valence electrons. The van der Waals surface area contributed by atoms with E-state index in [2.05, 4.69) is 9.88 Å². The number of para-hydroxylation sites is 2. The summed E-state index contributed by atoms with van der Waals surface area (Å²) in [4.78, 5) is 19.3. The fourth-order valence-corrected chi connectivity index (χ4v) is 4.78. The molecule has 4 nitrogen and oxygen atoms in total. The van der Waals surface area contributed by atoms with Gasteiger partial charge in [0.05, 0.1) is 5.75 Å². The van der Waals surface area contributed by atoms with Crippen LogP contribution in [0, 0.1) is 5.92 Å². The van der Waals surface area contributed by atoms with Gasteiger partial charge in [-0.1, -0.05) is 36.7 Å². The van der Waals surface area contributed by atoms with Crippen molar-refractivity contribution >= 4 is 28.8 Å². The van der Waals surface area contributed by atoms with Gasteiger partial charge in [0.25, 0.3) is 5.22 Å². The number of thioether (sulfide) groups is 1. The number of rotatable bonds is 3. The average Bonchev–Trinajstić information content (AvgIpc) is 3.02. The van der Waals surface area contributed by atoms with E-state index in [1.807, 2.05) is 24.3 Å². The quantitative estimate of drug-likeness (QED) is 0.795. The predicted molar refractivity (Wildman–Crippen MR) is 91.4 cm³/mol. The van der Waals surface area contributed by atoms with Crippen LogP contribution in [0.1, 0.15) is 38.5 Å². The van der Waals surface area contributed by atoms with Gasteiger partial charge in [0.15, 0.2) is 5.58 Å². The summed E-state index contributed by atoms with van der Waals surface area (Å²) in [7, 11) is 0. The van der Waals surface area contributed by atoms with E-state index in [-0.39, 0.29) is 5.91 Å². The summed E-state index contributed by atoms with van der Waals surface area (Å²) in [6.07, 6.45) is 7.54. The van der Waals surface area contributed by atoms with Crippen molar-refractivity contribution in [1.29, 1.82) is 0 Å². The number of oxazole rings is 1. The van der Waals surface area contributed by atoms with E-state index in [0.29, 0.717) is 17.0 Å². The SMILES string of the molecule is O=C(CSc1nc2ccccc2o1)N1CCC[C@@H]2CCCC[C@H]21. The molecule has 1 aliphatic heterocycles. The Hall–Kier alpha value is -1.49. The molecule has 1 aromatic heterocycles. The fraction of sp³-hybridized carbons (Fsp3) is 0.556. The van der Waals surface area contributed by atoms with Crippen LogP contribution < -0.4 is 0 Å². The number of aromatic nitrogens is 1. The topological polar surface area (TPSA) is 46.3 Å². The third-order valence-electron chi connectivity index (χ3n) is 5.16. The molecule has 23 heavy (non-hydrogen) atoms. The van der Waals surface area contributed by atoms with Crippen molar-refractivity contribution in [2.24, 2.45) is 5.92 Å². The van der Waals surface area contributed by atoms with Crippen LogP contribution in [0.4, 0.5) is 0 Å². The molecule has 2 heterocycles. The van der Waals surface area contributed by atoms with Crippen molar-refractivity contribution in [3.8, 4) is 0 Å². The molecule has 2 atom stereocenters. The monoisotopic (exact) mass is 330 g/mol. The molecule has 0 N–H and O–H groups in total. The number of carbonyl (C=O) groups is 1. The van der Waals surface area contributed by atoms with Crippen molar-refractivity contribution < 1.29 is 9.21 Å². The second kappa shape index (κ2) is 6.56. The lowest BCUT2D eigenvalue weighted by Crippen LogP contribution is -2.50. The van der Waals surface area contributed by atoms with E-state index in [0.717, 1.165) is 30.0 Å². The summed E-state index contributed by atoms with van der Waals surface area (Å²) in [6, 6.07) is 8.20. The van der Waals surface area contributed by atoms with Crippen molar-refractivity contribution in [2.75, 3.05) is 12.3 Å². The minimum atomic E-state index is 0.244. The van der Waals surface area contributed by atoms with Crippen LogP contribution in [0.15, 0.2) is 33.9 Å². The zero-order valence-corrected chi connectivity index (χ0v) is 14.1. The minimum Gasteiger partial charge on any atom is -0.431 e. The van der Waals surface area contributed by atoms with Gasteiger partial charge < -0.3 is 9.32 Å². The van der Waals surface area contributed by atoms with Crippen molar-refractivity contribution in [2.45, 2.75) is 49.8 Å². The Kier molecular flexibility index (Phi) is 4.29. The molecule has 5 heteroatoms. The highest BCUT2D eigenvalue weighted by Crippen LogP contribution is 2.35. The second-order valence-electron chi connectivity index (χ2n) is 6.58. The van der Waals surface area contributed by atoms with E-state index < -0.39 is 0 Å². The van der Waals surface area contributed by atoms with Crippen LogP contribution >= 0.6 is 11.8 Å². The van der Waals surface area contributed by atoms with Crippen LogP contribution in [0.3, 0.4) is 0 Å². The molecule has 2 aromatic rings. The zero-order valence-electron chi connectivity index (χ0n) is 13.2. The molecule has 0 unspecified atom stereocenters. The molecule has 0 bridgehead atoms. The largest absolute Gasteiger partial charge is 0.431 e. The van der Waals surface area contributed by atoms with Crippen LogP contribution in [0.2, 0.25) is 0 Å². The first-order valence-corrected chi connectivity index (χ1v) is 9.57. The Morgan fingerprint density at radius 3 is 2.96 bits per heavy atom.